The topological polar surface area (TPSA) is 69.0 Å². The van der Waals surface area contributed by atoms with Gasteiger partial charge in [-0.3, -0.25) is 0 Å². The highest BCUT2D eigenvalue weighted by molar-refractivity contribution is 5.55. The molecule has 0 bridgehead atoms. The van der Waals surface area contributed by atoms with Crippen molar-refractivity contribution in [2.24, 2.45) is 0 Å². The van der Waals surface area contributed by atoms with E-state index in [1.54, 1.807) is 6.33 Å². The van der Waals surface area contributed by atoms with Crippen LogP contribution < -0.4 is 4.90 Å². The Morgan fingerprint density at radius 3 is 2.71 bits per heavy atom. The van der Waals surface area contributed by atoms with E-state index in [2.05, 4.69) is 39.0 Å². The number of piperidine rings is 1. The Labute approximate surface area is 164 Å². The van der Waals surface area contributed by atoms with E-state index in [0.717, 1.165) is 68.5 Å². The van der Waals surface area contributed by atoms with Crippen molar-refractivity contribution in [1.82, 2.24) is 24.7 Å². The van der Waals surface area contributed by atoms with Crippen LogP contribution in [0.25, 0.3) is 11.4 Å². The second-order valence-corrected chi connectivity index (χ2v) is 7.39. The zero-order valence-corrected chi connectivity index (χ0v) is 16.1. The van der Waals surface area contributed by atoms with Crippen LogP contribution >= 0.6 is 0 Å². The molecule has 1 spiro atoms. The van der Waals surface area contributed by atoms with Crippen molar-refractivity contribution >= 4 is 5.95 Å². The van der Waals surface area contributed by atoms with Crippen molar-refractivity contribution < 1.29 is 4.74 Å². The molecule has 1 fully saturated rings. The van der Waals surface area contributed by atoms with Crippen LogP contribution in [0, 0.1) is 0 Å². The summed E-state index contributed by atoms with van der Waals surface area (Å²) in [5.74, 6) is 1.72. The van der Waals surface area contributed by atoms with Crippen molar-refractivity contribution in [3.8, 4) is 11.4 Å². The second-order valence-electron chi connectivity index (χ2n) is 7.39. The van der Waals surface area contributed by atoms with E-state index < -0.39 is 0 Å². The van der Waals surface area contributed by atoms with Crippen molar-refractivity contribution in [3.63, 3.8) is 0 Å². The SMILES string of the molecule is CCn1ncnc1N1CCC2(CC1)OCCc1cnc(-c3ccccc3)nc12. The molecule has 5 rings (SSSR count). The molecular formula is C21H24N6O. The van der Waals surface area contributed by atoms with Crippen LogP contribution in [0.1, 0.15) is 31.0 Å². The average molecular weight is 376 g/mol. The molecule has 2 aliphatic heterocycles. The van der Waals surface area contributed by atoms with Gasteiger partial charge in [-0.15, -0.1) is 0 Å². The van der Waals surface area contributed by atoms with Gasteiger partial charge in [0.2, 0.25) is 5.95 Å². The molecule has 3 aromatic rings. The summed E-state index contributed by atoms with van der Waals surface area (Å²) in [4.78, 5) is 16.4. The molecule has 0 N–H and O–H groups in total. The summed E-state index contributed by atoms with van der Waals surface area (Å²) in [5, 5.41) is 4.31. The summed E-state index contributed by atoms with van der Waals surface area (Å²) in [7, 11) is 0. The van der Waals surface area contributed by atoms with E-state index in [4.69, 9.17) is 9.72 Å². The number of ether oxygens (including phenoxy) is 1. The molecular weight excluding hydrogens is 352 g/mol. The van der Waals surface area contributed by atoms with Crippen LogP contribution in [-0.4, -0.2) is 44.4 Å². The highest BCUT2D eigenvalue weighted by Crippen LogP contribution is 2.41. The fourth-order valence-electron chi connectivity index (χ4n) is 4.31. The summed E-state index contributed by atoms with van der Waals surface area (Å²) in [5.41, 5.74) is 3.01. The van der Waals surface area contributed by atoms with Gasteiger partial charge in [0, 0.05) is 31.4 Å². The zero-order valence-electron chi connectivity index (χ0n) is 16.1. The Hall–Kier alpha value is -2.80. The van der Waals surface area contributed by atoms with Crippen molar-refractivity contribution in [2.45, 2.75) is 38.3 Å². The van der Waals surface area contributed by atoms with Gasteiger partial charge in [0.05, 0.1) is 12.3 Å². The molecule has 2 aliphatic rings. The number of nitrogens with zero attached hydrogens (tertiary/aromatic N) is 6. The predicted molar refractivity (Wildman–Crippen MR) is 106 cm³/mol. The highest BCUT2D eigenvalue weighted by atomic mass is 16.5. The highest BCUT2D eigenvalue weighted by Gasteiger charge is 2.43. The third-order valence-corrected chi connectivity index (χ3v) is 5.83. The maximum atomic E-state index is 6.39. The number of rotatable bonds is 3. The third kappa shape index (κ3) is 2.86. The summed E-state index contributed by atoms with van der Waals surface area (Å²) < 4.78 is 8.33. The van der Waals surface area contributed by atoms with Crippen LogP contribution in [0.2, 0.25) is 0 Å². The van der Waals surface area contributed by atoms with E-state index >= 15 is 0 Å². The van der Waals surface area contributed by atoms with E-state index in [0.29, 0.717) is 0 Å². The molecule has 0 amide bonds. The molecule has 0 aliphatic carbocycles. The smallest absolute Gasteiger partial charge is 0.223 e. The van der Waals surface area contributed by atoms with Crippen molar-refractivity contribution in [3.05, 3.63) is 54.1 Å². The molecule has 7 heteroatoms. The number of anilines is 1. The summed E-state index contributed by atoms with van der Waals surface area (Å²) in [6.45, 7) is 5.40. The maximum absolute atomic E-state index is 6.39. The molecule has 0 radical (unpaired) electrons. The van der Waals surface area contributed by atoms with Gasteiger partial charge in [-0.05, 0) is 31.7 Å². The Morgan fingerprint density at radius 2 is 1.93 bits per heavy atom. The number of benzene rings is 1. The fraction of sp³-hybridized carbons (Fsp3) is 0.429. The van der Waals surface area contributed by atoms with Gasteiger partial charge >= 0.3 is 0 Å². The molecule has 2 aromatic heterocycles. The number of hydrogen-bond acceptors (Lipinski definition) is 6. The lowest BCUT2D eigenvalue weighted by Gasteiger charge is -2.44. The number of fused-ring (bicyclic) bond motifs is 2. The van der Waals surface area contributed by atoms with Gasteiger partial charge in [0.15, 0.2) is 5.82 Å². The van der Waals surface area contributed by atoms with E-state index in [9.17, 15) is 0 Å². The molecule has 144 valence electrons. The number of hydrogen-bond donors (Lipinski definition) is 0. The minimum absolute atomic E-state index is 0.326. The fourth-order valence-corrected chi connectivity index (χ4v) is 4.31. The zero-order chi connectivity index (χ0) is 19.0. The van der Waals surface area contributed by atoms with Crippen molar-refractivity contribution in [1.29, 1.82) is 0 Å². The van der Waals surface area contributed by atoms with Crippen LogP contribution in [0.5, 0.6) is 0 Å². The van der Waals surface area contributed by atoms with E-state index in [-0.39, 0.29) is 5.60 Å². The predicted octanol–water partition coefficient (Wildman–Crippen LogP) is 2.82. The van der Waals surface area contributed by atoms with Crippen LogP contribution in [-0.2, 0) is 23.3 Å². The summed E-state index contributed by atoms with van der Waals surface area (Å²) >= 11 is 0. The monoisotopic (exact) mass is 376 g/mol. The molecule has 0 saturated carbocycles. The summed E-state index contributed by atoms with van der Waals surface area (Å²) in [6, 6.07) is 10.2. The third-order valence-electron chi connectivity index (χ3n) is 5.83. The van der Waals surface area contributed by atoms with Gasteiger partial charge in [-0.1, -0.05) is 30.3 Å². The van der Waals surface area contributed by atoms with Gasteiger partial charge in [0.1, 0.15) is 11.9 Å². The van der Waals surface area contributed by atoms with Gasteiger partial charge < -0.3 is 9.64 Å². The Morgan fingerprint density at radius 1 is 1.11 bits per heavy atom. The van der Waals surface area contributed by atoms with Gasteiger partial charge in [-0.2, -0.15) is 10.1 Å². The van der Waals surface area contributed by atoms with Crippen LogP contribution in [0.3, 0.4) is 0 Å². The summed E-state index contributed by atoms with van der Waals surface area (Å²) in [6.07, 6.45) is 6.29. The average Bonchev–Trinajstić information content (AvgIpc) is 3.24. The Bertz CT molecular complexity index is 962. The Kier molecular flexibility index (Phi) is 4.31. The molecule has 0 atom stereocenters. The lowest BCUT2D eigenvalue weighted by Crippen LogP contribution is -2.48. The lowest BCUT2D eigenvalue weighted by atomic mass is 9.83. The van der Waals surface area contributed by atoms with Gasteiger partial charge in [-0.25, -0.2) is 14.6 Å². The largest absolute Gasteiger partial charge is 0.368 e. The molecule has 7 nitrogen and oxygen atoms in total. The first kappa shape index (κ1) is 17.3. The molecule has 1 aromatic carbocycles. The minimum atomic E-state index is -0.326. The van der Waals surface area contributed by atoms with E-state index in [1.165, 1.54) is 5.56 Å². The first-order valence-electron chi connectivity index (χ1n) is 9.97. The van der Waals surface area contributed by atoms with Crippen molar-refractivity contribution in [2.75, 3.05) is 24.6 Å². The lowest BCUT2D eigenvalue weighted by molar-refractivity contribution is -0.0802. The molecule has 1 saturated heterocycles. The minimum Gasteiger partial charge on any atom is -0.368 e. The number of aryl methyl sites for hydroxylation is 1. The molecule has 28 heavy (non-hydrogen) atoms. The first-order chi connectivity index (χ1) is 13.8. The number of aromatic nitrogens is 5. The van der Waals surface area contributed by atoms with Crippen LogP contribution in [0.4, 0.5) is 5.95 Å². The second kappa shape index (κ2) is 6.98. The quantitative estimate of drug-likeness (QED) is 0.700. The molecule has 0 unspecified atom stereocenters. The Balaban J connectivity index is 1.45. The first-order valence-corrected chi connectivity index (χ1v) is 9.97. The van der Waals surface area contributed by atoms with E-state index in [1.807, 2.05) is 29.1 Å². The van der Waals surface area contributed by atoms with Gasteiger partial charge in [0.25, 0.3) is 0 Å². The molecule has 4 heterocycles. The maximum Gasteiger partial charge on any atom is 0.223 e. The van der Waals surface area contributed by atoms with Crippen LogP contribution in [0.15, 0.2) is 42.9 Å². The normalized spacial score (nSPS) is 18.2. The standard InChI is InChI=1S/C21H24N6O/c1-2-27-20(23-15-24-27)26-11-9-21(10-12-26)18-17(8-13-28-21)14-22-19(25-18)16-6-4-3-5-7-16/h3-7,14-15H,2,8-13H2,1H3.